The summed E-state index contributed by atoms with van der Waals surface area (Å²) >= 11 is 0. The molecule has 1 aromatic heterocycles. The second kappa shape index (κ2) is 4.64. The summed E-state index contributed by atoms with van der Waals surface area (Å²) in [6.45, 7) is 1.36. The van der Waals surface area contributed by atoms with Crippen LogP contribution in [-0.4, -0.2) is 45.6 Å². The number of phenolic OH excluding ortho intramolecular Hbond substituents is 1. The first kappa shape index (κ1) is 12.9. The van der Waals surface area contributed by atoms with E-state index in [1.165, 1.54) is 19.2 Å². The number of carbonyl (C=O) groups excluding carboxylic acids is 1. The number of hydrogen-bond donors (Lipinski definition) is 3. The highest BCUT2D eigenvalue weighted by Crippen LogP contribution is 2.26. The average molecular weight is 262 g/mol. The van der Waals surface area contributed by atoms with E-state index in [1.807, 2.05) is 0 Å². The van der Waals surface area contributed by atoms with Crippen LogP contribution >= 0.6 is 0 Å². The number of H-pyrrole nitrogens is 1. The van der Waals surface area contributed by atoms with Crippen LogP contribution in [0, 0.1) is 6.92 Å². The molecule has 2 aromatic rings. The maximum Gasteiger partial charge on any atom is 0.323 e. The predicted molar refractivity (Wildman–Crippen MR) is 69.3 cm³/mol. The van der Waals surface area contributed by atoms with Crippen molar-refractivity contribution in [3.8, 4) is 5.75 Å². The summed E-state index contributed by atoms with van der Waals surface area (Å²) in [6, 6.07) is 4.68. The molecule has 3 N–H and O–H groups in total. The lowest BCUT2D eigenvalue weighted by molar-refractivity contribution is -0.137. The molecule has 0 atom stereocenters. The zero-order chi connectivity index (χ0) is 14.2. The third-order valence-electron chi connectivity index (χ3n) is 2.90. The van der Waals surface area contributed by atoms with Gasteiger partial charge in [0.1, 0.15) is 12.3 Å². The summed E-state index contributed by atoms with van der Waals surface area (Å²) in [7, 11) is 1.43. The minimum absolute atomic E-state index is 0.0569. The zero-order valence-corrected chi connectivity index (χ0v) is 10.6. The molecule has 0 aliphatic heterocycles. The number of fused-ring (bicyclic) bond motifs is 1. The van der Waals surface area contributed by atoms with Crippen molar-refractivity contribution in [2.24, 2.45) is 0 Å². The lowest BCUT2D eigenvalue weighted by Crippen LogP contribution is -2.32. The smallest absolute Gasteiger partial charge is 0.323 e. The van der Waals surface area contributed by atoms with Crippen LogP contribution < -0.4 is 0 Å². The van der Waals surface area contributed by atoms with E-state index in [4.69, 9.17) is 5.11 Å². The van der Waals surface area contributed by atoms with Crippen LogP contribution in [0.25, 0.3) is 10.9 Å². The lowest BCUT2D eigenvalue weighted by atomic mass is 10.1. The quantitative estimate of drug-likeness (QED) is 0.778. The molecule has 19 heavy (non-hydrogen) atoms. The molecule has 1 amide bonds. The molecule has 1 heterocycles. The van der Waals surface area contributed by atoms with Gasteiger partial charge in [0.05, 0.1) is 5.56 Å². The maximum absolute atomic E-state index is 12.2. The van der Waals surface area contributed by atoms with E-state index in [0.29, 0.717) is 16.6 Å². The highest BCUT2D eigenvalue weighted by atomic mass is 16.4. The van der Waals surface area contributed by atoms with E-state index in [0.717, 1.165) is 10.4 Å². The van der Waals surface area contributed by atoms with Crippen molar-refractivity contribution in [3.05, 3.63) is 29.5 Å². The van der Waals surface area contributed by atoms with Gasteiger partial charge in [-0.15, -0.1) is 0 Å². The van der Waals surface area contributed by atoms with E-state index >= 15 is 0 Å². The summed E-state index contributed by atoms with van der Waals surface area (Å²) in [4.78, 5) is 27.1. The van der Waals surface area contributed by atoms with Crippen LogP contribution in [0.1, 0.15) is 16.1 Å². The van der Waals surface area contributed by atoms with E-state index in [-0.39, 0.29) is 12.3 Å². The number of phenols is 1. The van der Waals surface area contributed by atoms with Crippen molar-refractivity contribution in [2.45, 2.75) is 6.92 Å². The fourth-order valence-electron chi connectivity index (χ4n) is 2.06. The number of nitrogens with zero attached hydrogens (tertiary/aromatic N) is 1. The van der Waals surface area contributed by atoms with E-state index in [9.17, 15) is 14.7 Å². The van der Waals surface area contributed by atoms with E-state index < -0.39 is 11.9 Å². The topological polar surface area (TPSA) is 93.6 Å². The zero-order valence-electron chi connectivity index (χ0n) is 10.6. The number of benzene rings is 1. The van der Waals surface area contributed by atoms with Gasteiger partial charge in [0.25, 0.3) is 5.91 Å². The number of carboxylic acids is 1. The summed E-state index contributed by atoms with van der Waals surface area (Å²) in [6.07, 6.45) is 0. The van der Waals surface area contributed by atoms with Gasteiger partial charge in [-0.1, -0.05) is 0 Å². The molecule has 0 unspecified atom stereocenters. The molecular formula is C13H14N2O4. The van der Waals surface area contributed by atoms with E-state index in [2.05, 4.69) is 4.98 Å². The molecule has 0 saturated carbocycles. The highest BCUT2D eigenvalue weighted by Gasteiger charge is 2.21. The van der Waals surface area contributed by atoms with Crippen molar-refractivity contribution in [1.82, 2.24) is 9.88 Å². The number of aromatic amines is 1. The minimum atomic E-state index is -1.07. The molecule has 1 aromatic carbocycles. The molecule has 0 saturated heterocycles. The second-order valence-corrected chi connectivity index (χ2v) is 4.41. The summed E-state index contributed by atoms with van der Waals surface area (Å²) in [5, 5.41) is 18.8. The number of aryl methyl sites for hydroxylation is 1. The number of aromatic hydroxyl groups is 1. The normalized spacial score (nSPS) is 10.6. The Balaban J connectivity index is 2.49. The third kappa shape index (κ3) is 2.37. The van der Waals surface area contributed by atoms with Crippen LogP contribution in [0.15, 0.2) is 18.2 Å². The van der Waals surface area contributed by atoms with Crippen LogP contribution in [0.2, 0.25) is 0 Å². The first-order chi connectivity index (χ1) is 8.90. The molecule has 2 rings (SSSR count). The molecule has 0 radical (unpaired) electrons. The molecule has 0 aliphatic rings. The van der Waals surface area contributed by atoms with Crippen LogP contribution in [0.5, 0.6) is 5.75 Å². The Labute approximate surface area is 109 Å². The molecular weight excluding hydrogens is 248 g/mol. The molecule has 0 fully saturated rings. The number of carbonyl (C=O) groups is 2. The number of nitrogens with one attached hydrogen (secondary N) is 1. The lowest BCUT2D eigenvalue weighted by Gasteiger charge is -2.14. The number of rotatable bonds is 3. The number of carboxylic acid groups (broad SMARTS) is 1. The second-order valence-electron chi connectivity index (χ2n) is 4.41. The Kier molecular flexibility index (Phi) is 3.16. The first-order valence-electron chi connectivity index (χ1n) is 5.68. The van der Waals surface area contributed by atoms with Gasteiger partial charge in [-0.2, -0.15) is 0 Å². The van der Waals surface area contributed by atoms with Gasteiger partial charge in [0.2, 0.25) is 0 Å². The third-order valence-corrected chi connectivity index (χ3v) is 2.90. The minimum Gasteiger partial charge on any atom is -0.508 e. The average Bonchev–Trinajstić information content (AvgIpc) is 2.62. The summed E-state index contributed by atoms with van der Waals surface area (Å²) in [5.74, 6) is -1.41. The van der Waals surface area contributed by atoms with Crippen molar-refractivity contribution in [3.63, 3.8) is 0 Å². The molecule has 6 heteroatoms. The fraction of sp³-hybridized carbons (Fsp3) is 0.231. The van der Waals surface area contributed by atoms with Gasteiger partial charge in [0.15, 0.2) is 0 Å². The van der Waals surface area contributed by atoms with E-state index in [1.54, 1.807) is 13.0 Å². The number of hydrogen-bond acceptors (Lipinski definition) is 3. The first-order valence-corrected chi connectivity index (χ1v) is 5.68. The Morgan fingerprint density at radius 2 is 2.05 bits per heavy atom. The number of amides is 1. The molecule has 100 valence electrons. The van der Waals surface area contributed by atoms with Gasteiger partial charge in [-0.05, 0) is 25.1 Å². The molecule has 6 nitrogen and oxygen atoms in total. The SMILES string of the molecule is Cc1[nH]c2ccc(O)cc2c1C(=O)N(C)CC(=O)O. The summed E-state index contributed by atoms with van der Waals surface area (Å²) < 4.78 is 0. The monoisotopic (exact) mass is 262 g/mol. The molecule has 0 spiro atoms. The largest absolute Gasteiger partial charge is 0.508 e. The van der Waals surface area contributed by atoms with Gasteiger partial charge in [0, 0.05) is 23.6 Å². The van der Waals surface area contributed by atoms with Crippen molar-refractivity contribution >= 4 is 22.8 Å². The Bertz CT molecular complexity index is 660. The van der Waals surface area contributed by atoms with Crippen LogP contribution in [0.3, 0.4) is 0 Å². The Morgan fingerprint density at radius 3 is 2.68 bits per heavy atom. The number of aromatic nitrogens is 1. The molecule has 0 aliphatic carbocycles. The summed E-state index contributed by atoms with van der Waals surface area (Å²) in [5.41, 5.74) is 1.75. The number of likely N-dealkylation sites (N-methyl/N-ethyl adjacent to an activating group) is 1. The van der Waals surface area contributed by atoms with Gasteiger partial charge in [-0.3, -0.25) is 9.59 Å². The standard InChI is InChI=1S/C13H14N2O4/c1-7-12(13(19)15(2)6-11(17)18)9-5-8(16)3-4-10(9)14-7/h3-5,14,16H,6H2,1-2H3,(H,17,18). The van der Waals surface area contributed by atoms with Gasteiger partial charge >= 0.3 is 5.97 Å². The van der Waals surface area contributed by atoms with Crippen molar-refractivity contribution in [1.29, 1.82) is 0 Å². The Hall–Kier alpha value is -2.50. The van der Waals surface area contributed by atoms with Gasteiger partial charge in [-0.25, -0.2) is 0 Å². The number of aliphatic carboxylic acids is 1. The maximum atomic E-state index is 12.2. The predicted octanol–water partition coefficient (Wildman–Crippen LogP) is 1.34. The Morgan fingerprint density at radius 1 is 1.37 bits per heavy atom. The van der Waals surface area contributed by atoms with Crippen LogP contribution in [-0.2, 0) is 4.79 Å². The fourth-order valence-corrected chi connectivity index (χ4v) is 2.06. The van der Waals surface area contributed by atoms with Crippen LogP contribution in [0.4, 0.5) is 0 Å². The molecule has 0 bridgehead atoms. The van der Waals surface area contributed by atoms with Gasteiger partial charge < -0.3 is 20.1 Å². The van der Waals surface area contributed by atoms with Crippen molar-refractivity contribution in [2.75, 3.05) is 13.6 Å². The highest BCUT2D eigenvalue weighted by molar-refractivity contribution is 6.08. The van der Waals surface area contributed by atoms with Crippen molar-refractivity contribution < 1.29 is 19.8 Å².